The molecule has 2 N–H and O–H groups in total. The summed E-state index contributed by atoms with van der Waals surface area (Å²) in [6, 6.07) is 2.59. The van der Waals surface area contributed by atoms with E-state index in [0.29, 0.717) is 41.3 Å². The van der Waals surface area contributed by atoms with E-state index in [1.54, 1.807) is 32.9 Å². The van der Waals surface area contributed by atoms with Crippen LogP contribution in [0.1, 0.15) is 51.3 Å². The number of aliphatic hydroxyl groups is 1. The smallest absolute Gasteiger partial charge is 0.354 e. The number of furan rings is 1. The number of rotatable bonds is 7. The third-order valence-corrected chi connectivity index (χ3v) is 5.64. The number of ether oxygens (including phenoxy) is 1. The Kier molecular flexibility index (Phi) is 6.59. The number of H-pyrrole nitrogens is 1. The van der Waals surface area contributed by atoms with E-state index in [9.17, 15) is 19.5 Å². The monoisotopic (exact) mass is 443 g/mol. The zero-order valence-electron chi connectivity index (χ0n) is 19.2. The summed E-state index contributed by atoms with van der Waals surface area (Å²) < 4.78 is 10.6. The highest BCUT2D eigenvalue weighted by Gasteiger charge is 2.47. The first kappa shape index (κ1) is 23.3. The van der Waals surface area contributed by atoms with Crippen LogP contribution in [0.5, 0.6) is 0 Å². The topological polar surface area (TPSA) is 116 Å². The number of methoxy groups -OCH3 is 1. The summed E-state index contributed by atoms with van der Waals surface area (Å²) in [5, 5.41) is 11.3. The molecule has 1 aliphatic heterocycles. The molecule has 1 saturated heterocycles. The zero-order chi connectivity index (χ0) is 23.7. The number of hydrogen-bond acceptors (Lipinski definition) is 7. The molecule has 2 aromatic rings. The Bertz CT molecular complexity index is 1090. The van der Waals surface area contributed by atoms with Gasteiger partial charge in [0.05, 0.1) is 12.7 Å². The molecule has 9 heteroatoms. The standard InChI is InChI=1S/C23H29N3O6/c1-12-8-9-15(32-12)19-17(21(28)22(29)26(19)11-7-10-25(4)5)20(27)16-13(2)18(23(30)31-6)24-14(16)3/h8-9,19,24,27H,7,10-11H2,1-6H3/b20-17+/t19-/m1/s1. The summed E-state index contributed by atoms with van der Waals surface area (Å²) in [4.78, 5) is 44.4. The lowest BCUT2D eigenvalue weighted by molar-refractivity contribution is -0.140. The highest BCUT2D eigenvalue weighted by molar-refractivity contribution is 6.46. The molecule has 1 atom stereocenters. The Morgan fingerprint density at radius 1 is 1.25 bits per heavy atom. The van der Waals surface area contributed by atoms with Crippen molar-refractivity contribution in [2.75, 3.05) is 34.3 Å². The lowest BCUT2D eigenvalue weighted by Crippen LogP contribution is -2.32. The number of aryl methyl sites for hydroxylation is 2. The number of nitrogens with one attached hydrogen (secondary N) is 1. The van der Waals surface area contributed by atoms with Crippen LogP contribution in [0.2, 0.25) is 0 Å². The first-order valence-corrected chi connectivity index (χ1v) is 10.4. The molecule has 32 heavy (non-hydrogen) atoms. The van der Waals surface area contributed by atoms with E-state index in [0.717, 1.165) is 6.54 Å². The molecule has 3 heterocycles. The van der Waals surface area contributed by atoms with Gasteiger partial charge in [-0.1, -0.05) is 0 Å². The van der Waals surface area contributed by atoms with Gasteiger partial charge in [0.25, 0.3) is 11.7 Å². The van der Waals surface area contributed by atoms with Gasteiger partial charge >= 0.3 is 5.97 Å². The van der Waals surface area contributed by atoms with Gasteiger partial charge in [-0.05, 0) is 65.5 Å². The van der Waals surface area contributed by atoms with Crippen LogP contribution in [-0.4, -0.2) is 71.8 Å². The fourth-order valence-corrected chi connectivity index (χ4v) is 4.11. The van der Waals surface area contributed by atoms with Crippen molar-refractivity contribution in [1.29, 1.82) is 0 Å². The SMILES string of the molecule is COC(=O)c1[nH]c(C)c(/C(O)=C2\C(=O)C(=O)N(CCCN(C)C)[C@@H]2c2ccc(C)o2)c1C. The minimum Gasteiger partial charge on any atom is -0.507 e. The Morgan fingerprint density at radius 3 is 2.50 bits per heavy atom. The van der Waals surface area contributed by atoms with E-state index in [1.807, 2.05) is 19.0 Å². The van der Waals surface area contributed by atoms with Crippen molar-refractivity contribution in [3.8, 4) is 0 Å². The molecule has 172 valence electrons. The predicted molar refractivity (Wildman–Crippen MR) is 117 cm³/mol. The van der Waals surface area contributed by atoms with Crippen molar-refractivity contribution in [1.82, 2.24) is 14.8 Å². The van der Waals surface area contributed by atoms with Gasteiger partial charge in [0, 0.05) is 17.8 Å². The second-order valence-electron chi connectivity index (χ2n) is 8.21. The second-order valence-corrected chi connectivity index (χ2v) is 8.21. The number of esters is 1. The maximum Gasteiger partial charge on any atom is 0.354 e. The van der Waals surface area contributed by atoms with Crippen molar-refractivity contribution in [2.45, 2.75) is 33.2 Å². The van der Waals surface area contributed by atoms with E-state index >= 15 is 0 Å². The van der Waals surface area contributed by atoms with E-state index in [-0.39, 0.29) is 17.0 Å². The van der Waals surface area contributed by atoms with E-state index in [2.05, 4.69) is 4.98 Å². The first-order valence-electron chi connectivity index (χ1n) is 10.4. The second kappa shape index (κ2) is 9.04. The molecule has 3 rings (SSSR count). The third kappa shape index (κ3) is 4.08. The maximum atomic E-state index is 13.1. The molecule has 0 aromatic carbocycles. The molecular weight excluding hydrogens is 414 g/mol. The highest BCUT2D eigenvalue weighted by Crippen LogP contribution is 2.41. The quantitative estimate of drug-likeness (QED) is 0.292. The molecule has 0 unspecified atom stereocenters. The van der Waals surface area contributed by atoms with Crippen molar-refractivity contribution >= 4 is 23.4 Å². The minimum atomic E-state index is -0.860. The molecule has 1 amide bonds. The maximum absolute atomic E-state index is 13.1. The van der Waals surface area contributed by atoms with Crippen LogP contribution in [0, 0.1) is 20.8 Å². The number of Topliss-reactive ketones (excluding diaryl/α,β-unsaturated/α-hetero) is 1. The molecule has 1 fully saturated rings. The number of aromatic amines is 1. The van der Waals surface area contributed by atoms with Crippen LogP contribution in [0.25, 0.3) is 5.76 Å². The lowest BCUT2D eigenvalue weighted by Gasteiger charge is -2.24. The lowest BCUT2D eigenvalue weighted by atomic mass is 9.97. The van der Waals surface area contributed by atoms with Crippen LogP contribution in [0.4, 0.5) is 0 Å². The van der Waals surface area contributed by atoms with Crippen molar-refractivity contribution in [2.24, 2.45) is 0 Å². The fraction of sp³-hybridized carbons (Fsp3) is 0.435. The van der Waals surface area contributed by atoms with E-state index in [1.165, 1.54) is 12.0 Å². The number of aromatic nitrogens is 1. The van der Waals surface area contributed by atoms with Gasteiger partial charge < -0.3 is 29.0 Å². The molecular formula is C23H29N3O6. The van der Waals surface area contributed by atoms with Crippen LogP contribution in [0.3, 0.4) is 0 Å². The number of hydrogen-bond donors (Lipinski definition) is 2. The number of carbonyl (C=O) groups excluding carboxylic acids is 3. The Balaban J connectivity index is 2.15. The summed E-state index contributed by atoms with van der Waals surface area (Å²) >= 11 is 0. The molecule has 0 spiro atoms. The minimum absolute atomic E-state index is 0.0594. The van der Waals surface area contributed by atoms with Gasteiger partial charge in [-0.25, -0.2) is 4.79 Å². The summed E-state index contributed by atoms with van der Waals surface area (Å²) in [5.41, 5.74) is 1.33. The van der Waals surface area contributed by atoms with E-state index in [4.69, 9.17) is 9.15 Å². The van der Waals surface area contributed by atoms with Crippen LogP contribution in [0.15, 0.2) is 22.1 Å². The molecule has 0 aliphatic carbocycles. The van der Waals surface area contributed by atoms with Crippen LogP contribution >= 0.6 is 0 Å². The van der Waals surface area contributed by atoms with Gasteiger partial charge in [-0.15, -0.1) is 0 Å². The number of likely N-dealkylation sites (tertiary alicyclic amines) is 1. The number of aliphatic hydroxyl groups excluding tert-OH is 1. The van der Waals surface area contributed by atoms with Crippen molar-refractivity contribution in [3.05, 3.63) is 51.7 Å². The normalized spacial score (nSPS) is 18.1. The molecule has 1 aliphatic rings. The average molecular weight is 444 g/mol. The average Bonchev–Trinajstić information content (AvgIpc) is 3.36. The summed E-state index contributed by atoms with van der Waals surface area (Å²) in [5.74, 6) is -1.40. The molecule has 0 bridgehead atoms. The van der Waals surface area contributed by atoms with Crippen molar-refractivity contribution in [3.63, 3.8) is 0 Å². The largest absolute Gasteiger partial charge is 0.507 e. The fourth-order valence-electron chi connectivity index (χ4n) is 4.11. The molecule has 0 radical (unpaired) electrons. The van der Waals surface area contributed by atoms with E-state index < -0.39 is 23.7 Å². The molecule has 0 saturated carbocycles. The van der Waals surface area contributed by atoms with Crippen LogP contribution in [-0.2, 0) is 14.3 Å². The summed E-state index contributed by atoms with van der Waals surface area (Å²) in [6.45, 7) is 6.14. The van der Waals surface area contributed by atoms with Crippen LogP contribution < -0.4 is 0 Å². The zero-order valence-corrected chi connectivity index (χ0v) is 19.2. The van der Waals surface area contributed by atoms with Gasteiger partial charge in [-0.3, -0.25) is 9.59 Å². The van der Waals surface area contributed by atoms with Gasteiger partial charge in [0.15, 0.2) is 0 Å². The Morgan fingerprint density at radius 2 is 1.94 bits per heavy atom. The molecule has 2 aromatic heterocycles. The van der Waals surface area contributed by atoms with Gasteiger partial charge in [-0.2, -0.15) is 0 Å². The van der Waals surface area contributed by atoms with Crippen molar-refractivity contribution < 1.29 is 28.6 Å². The molecule has 9 nitrogen and oxygen atoms in total. The summed E-state index contributed by atoms with van der Waals surface area (Å²) in [7, 11) is 5.12. The van der Waals surface area contributed by atoms with Gasteiger partial charge in [0.2, 0.25) is 0 Å². The number of carbonyl (C=O) groups is 3. The number of nitrogens with zero attached hydrogens (tertiary/aromatic N) is 2. The predicted octanol–water partition coefficient (Wildman–Crippen LogP) is 2.69. The number of amides is 1. The van der Waals surface area contributed by atoms with Gasteiger partial charge in [0.1, 0.15) is 29.0 Å². The summed E-state index contributed by atoms with van der Waals surface area (Å²) in [6.07, 6.45) is 0.644. The highest BCUT2D eigenvalue weighted by atomic mass is 16.5. The Labute approximate surface area is 186 Å². The first-order chi connectivity index (χ1) is 15.1. The third-order valence-electron chi connectivity index (χ3n) is 5.64. The Hall–Kier alpha value is -3.33. The number of ketones is 1.